The van der Waals surface area contributed by atoms with Crippen molar-refractivity contribution in [2.24, 2.45) is 0 Å². The molecule has 52 valence electrons. The molecule has 3 unspecified atom stereocenters. The maximum atomic E-state index is 8.93. The zero-order chi connectivity index (χ0) is 6.27. The van der Waals surface area contributed by atoms with E-state index in [1.54, 1.807) is 0 Å². The number of ether oxygens (including phenoxy) is 2. The average molecular weight is 130 g/mol. The molecule has 1 N–H and O–H groups in total. The van der Waals surface area contributed by atoms with Crippen LogP contribution >= 0.6 is 0 Å². The minimum Gasteiger partial charge on any atom is -0.375 e. The van der Waals surface area contributed by atoms with E-state index in [-0.39, 0.29) is 12.2 Å². The van der Waals surface area contributed by atoms with Crippen molar-refractivity contribution in [3.05, 3.63) is 0 Å². The summed E-state index contributed by atoms with van der Waals surface area (Å²) in [4.78, 5) is 0. The summed E-state index contributed by atoms with van der Waals surface area (Å²) >= 11 is 0. The van der Waals surface area contributed by atoms with Crippen molar-refractivity contribution >= 4 is 0 Å². The zero-order valence-corrected chi connectivity index (χ0v) is 5.12. The Morgan fingerprint density at radius 3 is 3.00 bits per heavy atom. The molecular formula is C6H10O3. The number of aliphatic hydroxyl groups is 1. The molecule has 2 rings (SSSR count). The summed E-state index contributed by atoms with van der Waals surface area (Å²) in [6, 6.07) is 0. The van der Waals surface area contributed by atoms with Gasteiger partial charge in [0.2, 0.25) is 0 Å². The van der Waals surface area contributed by atoms with Gasteiger partial charge in [-0.15, -0.1) is 0 Å². The first-order valence-electron chi connectivity index (χ1n) is 3.31. The molecular weight excluding hydrogens is 120 g/mol. The van der Waals surface area contributed by atoms with Gasteiger partial charge in [-0.25, -0.2) is 0 Å². The smallest absolute Gasteiger partial charge is 0.157 e. The molecule has 0 saturated carbocycles. The third kappa shape index (κ3) is 0.852. The number of hydrogen-bond donors (Lipinski definition) is 1. The highest BCUT2D eigenvalue weighted by molar-refractivity contribution is 4.83. The molecule has 3 heteroatoms. The summed E-state index contributed by atoms with van der Waals surface area (Å²) in [5.74, 6) is 0. The van der Waals surface area contributed by atoms with E-state index in [1.165, 1.54) is 0 Å². The van der Waals surface area contributed by atoms with E-state index >= 15 is 0 Å². The fourth-order valence-electron chi connectivity index (χ4n) is 1.46. The van der Waals surface area contributed by atoms with Crippen molar-refractivity contribution in [2.75, 3.05) is 6.61 Å². The SMILES string of the molecule is OC1CC2OCCC2O1. The highest BCUT2D eigenvalue weighted by Crippen LogP contribution is 2.28. The predicted molar refractivity (Wildman–Crippen MR) is 29.9 cm³/mol. The molecule has 0 aromatic heterocycles. The fourth-order valence-corrected chi connectivity index (χ4v) is 1.46. The van der Waals surface area contributed by atoms with Gasteiger partial charge in [0, 0.05) is 13.0 Å². The summed E-state index contributed by atoms with van der Waals surface area (Å²) < 4.78 is 10.4. The van der Waals surface area contributed by atoms with Gasteiger partial charge in [0.05, 0.1) is 12.2 Å². The van der Waals surface area contributed by atoms with Gasteiger partial charge in [-0.1, -0.05) is 0 Å². The fraction of sp³-hybridized carbons (Fsp3) is 1.00. The second kappa shape index (κ2) is 1.94. The Morgan fingerprint density at radius 2 is 2.22 bits per heavy atom. The lowest BCUT2D eigenvalue weighted by Gasteiger charge is -2.03. The topological polar surface area (TPSA) is 38.7 Å². The third-order valence-electron chi connectivity index (χ3n) is 1.91. The Kier molecular flexibility index (Phi) is 1.22. The molecule has 2 heterocycles. The summed E-state index contributed by atoms with van der Waals surface area (Å²) in [5, 5.41) is 8.93. The van der Waals surface area contributed by atoms with E-state index in [0.29, 0.717) is 6.42 Å². The second-order valence-corrected chi connectivity index (χ2v) is 2.56. The number of hydrogen-bond acceptors (Lipinski definition) is 3. The van der Waals surface area contributed by atoms with Crippen molar-refractivity contribution in [1.29, 1.82) is 0 Å². The second-order valence-electron chi connectivity index (χ2n) is 2.56. The van der Waals surface area contributed by atoms with Gasteiger partial charge in [0.1, 0.15) is 0 Å². The molecule has 0 aromatic rings. The standard InChI is InChI=1S/C6H10O3/c7-6-3-5-4(9-6)1-2-8-5/h4-7H,1-3H2. The van der Waals surface area contributed by atoms with Crippen LogP contribution in [0.4, 0.5) is 0 Å². The lowest BCUT2D eigenvalue weighted by Crippen LogP contribution is -2.13. The normalized spacial score (nSPS) is 49.7. The van der Waals surface area contributed by atoms with Crippen LogP contribution in [0.3, 0.4) is 0 Å². The van der Waals surface area contributed by atoms with Crippen LogP contribution in [0.1, 0.15) is 12.8 Å². The Morgan fingerprint density at radius 1 is 1.33 bits per heavy atom. The Balaban J connectivity index is 2.02. The van der Waals surface area contributed by atoms with Gasteiger partial charge in [0.25, 0.3) is 0 Å². The van der Waals surface area contributed by atoms with Crippen LogP contribution in [-0.2, 0) is 9.47 Å². The first-order chi connectivity index (χ1) is 4.36. The zero-order valence-electron chi connectivity index (χ0n) is 5.12. The molecule has 0 bridgehead atoms. The highest BCUT2D eigenvalue weighted by atomic mass is 16.6. The predicted octanol–water partition coefficient (Wildman–Crippen LogP) is -0.117. The monoisotopic (exact) mass is 130 g/mol. The third-order valence-corrected chi connectivity index (χ3v) is 1.91. The van der Waals surface area contributed by atoms with Crippen LogP contribution in [0.25, 0.3) is 0 Å². The molecule has 2 fully saturated rings. The van der Waals surface area contributed by atoms with E-state index in [1.807, 2.05) is 0 Å². The van der Waals surface area contributed by atoms with Crippen LogP contribution in [0.15, 0.2) is 0 Å². The Labute approximate surface area is 53.6 Å². The quantitative estimate of drug-likeness (QED) is 0.497. The summed E-state index contributed by atoms with van der Waals surface area (Å²) in [5.41, 5.74) is 0. The van der Waals surface area contributed by atoms with E-state index in [9.17, 15) is 0 Å². The minimum absolute atomic E-state index is 0.181. The maximum Gasteiger partial charge on any atom is 0.157 e. The molecule has 9 heavy (non-hydrogen) atoms. The van der Waals surface area contributed by atoms with Crippen LogP contribution < -0.4 is 0 Å². The van der Waals surface area contributed by atoms with E-state index in [2.05, 4.69) is 0 Å². The van der Waals surface area contributed by atoms with Crippen LogP contribution in [-0.4, -0.2) is 30.2 Å². The van der Waals surface area contributed by atoms with Gasteiger partial charge in [-0.3, -0.25) is 0 Å². The minimum atomic E-state index is -0.569. The number of fused-ring (bicyclic) bond motifs is 1. The molecule has 2 saturated heterocycles. The van der Waals surface area contributed by atoms with Gasteiger partial charge in [-0.05, 0) is 6.42 Å². The van der Waals surface area contributed by atoms with Crippen molar-refractivity contribution < 1.29 is 14.6 Å². The van der Waals surface area contributed by atoms with E-state index < -0.39 is 6.29 Å². The number of aliphatic hydroxyl groups excluding tert-OH is 1. The van der Waals surface area contributed by atoms with Crippen molar-refractivity contribution in [1.82, 2.24) is 0 Å². The molecule has 3 atom stereocenters. The van der Waals surface area contributed by atoms with E-state index in [0.717, 1.165) is 13.0 Å². The molecule has 2 aliphatic rings. The summed E-state index contributed by atoms with van der Waals surface area (Å²) in [6.07, 6.45) is 1.40. The van der Waals surface area contributed by atoms with Crippen molar-refractivity contribution in [3.63, 3.8) is 0 Å². The van der Waals surface area contributed by atoms with Crippen molar-refractivity contribution in [2.45, 2.75) is 31.3 Å². The lowest BCUT2D eigenvalue weighted by atomic mass is 10.2. The maximum absolute atomic E-state index is 8.93. The molecule has 2 aliphatic heterocycles. The summed E-state index contributed by atoms with van der Waals surface area (Å²) in [7, 11) is 0. The lowest BCUT2D eigenvalue weighted by molar-refractivity contribution is -0.0893. The molecule has 0 aliphatic carbocycles. The van der Waals surface area contributed by atoms with Gasteiger partial charge < -0.3 is 14.6 Å². The van der Waals surface area contributed by atoms with Gasteiger partial charge in [-0.2, -0.15) is 0 Å². The molecule has 0 radical (unpaired) electrons. The first kappa shape index (κ1) is 5.65. The molecule has 0 spiro atoms. The molecule has 0 aromatic carbocycles. The summed E-state index contributed by atoms with van der Waals surface area (Å²) in [6.45, 7) is 0.794. The van der Waals surface area contributed by atoms with Crippen LogP contribution in [0.5, 0.6) is 0 Å². The molecule has 3 nitrogen and oxygen atoms in total. The molecule has 0 amide bonds. The average Bonchev–Trinajstić information content (AvgIpc) is 2.22. The Bertz CT molecular complexity index is 103. The van der Waals surface area contributed by atoms with Crippen LogP contribution in [0, 0.1) is 0 Å². The first-order valence-corrected chi connectivity index (χ1v) is 3.31. The van der Waals surface area contributed by atoms with Crippen molar-refractivity contribution in [3.8, 4) is 0 Å². The highest BCUT2D eigenvalue weighted by Gasteiger charge is 2.38. The Hall–Kier alpha value is -0.120. The largest absolute Gasteiger partial charge is 0.375 e. The number of rotatable bonds is 0. The van der Waals surface area contributed by atoms with E-state index in [4.69, 9.17) is 14.6 Å². The van der Waals surface area contributed by atoms with Crippen LogP contribution in [0.2, 0.25) is 0 Å². The van der Waals surface area contributed by atoms with Gasteiger partial charge in [0.15, 0.2) is 6.29 Å². The van der Waals surface area contributed by atoms with Gasteiger partial charge >= 0.3 is 0 Å².